The predicted octanol–water partition coefficient (Wildman–Crippen LogP) is 2.40. The minimum absolute atomic E-state index is 0.391. The highest BCUT2D eigenvalue weighted by atomic mass is 35.5. The molecule has 0 bridgehead atoms. The number of benzene rings is 1. The van der Waals surface area contributed by atoms with Gasteiger partial charge in [0.05, 0.1) is 0 Å². The molecule has 3 saturated heterocycles. The molecule has 1 aromatic carbocycles. The molecule has 8 heteroatoms. The number of hydrogen-bond donors (Lipinski definition) is 2. The largest absolute Gasteiger partial charge is 0.368 e. The Balaban J connectivity index is 1.28. The molecule has 0 radical (unpaired) electrons. The van der Waals surface area contributed by atoms with E-state index in [1.54, 1.807) is 0 Å². The number of rotatable bonds is 4. The summed E-state index contributed by atoms with van der Waals surface area (Å²) in [7, 11) is 0. The van der Waals surface area contributed by atoms with Crippen molar-refractivity contribution in [3.8, 4) is 0 Å². The van der Waals surface area contributed by atoms with Crippen LogP contribution in [-0.2, 0) is 6.42 Å². The van der Waals surface area contributed by atoms with Crippen LogP contribution in [-0.4, -0.2) is 75.8 Å². The molecule has 29 heavy (non-hydrogen) atoms. The first-order valence-corrected chi connectivity index (χ1v) is 11.2. The molecular formula is C21H30ClN7. The number of hydrogen-bond acceptors (Lipinski definition) is 6. The van der Waals surface area contributed by atoms with E-state index in [-0.39, 0.29) is 0 Å². The normalized spacial score (nSPS) is 26.7. The predicted molar refractivity (Wildman–Crippen MR) is 116 cm³/mol. The maximum Gasteiger partial charge on any atom is 0.226 e. The Morgan fingerprint density at radius 3 is 2.52 bits per heavy atom. The van der Waals surface area contributed by atoms with Gasteiger partial charge in [0, 0.05) is 49.3 Å². The van der Waals surface area contributed by atoms with Crippen LogP contribution in [0.5, 0.6) is 0 Å². The molecule has 1 aromatic heterocycles. The standard InChI is InChI=1S/C21H30ClN7/c22-16-5-3-15(4-6-16)12-19-13-28-9-1-2-18(28)14-29(19)17-7-10-27(11-8-17)21-24-20(23)25-26-21/h3-6,17-19H,1-2,7-14H2,(H3,23,24,25,26). The molecule has 0 aliphatic carbocycles. The fourth-order valence-corrected chi connectivity index (χ4v) is 5.58. The van der Waals surface area contributed by atoms with Crippen LogP contribution in [0.2, 0.25) is 5.02 Å². The van der Waals surface area contributed by atoms with Crippen molar-refractivity contribution in [1.29, 1.82) is 0 Å². The van der Waals surface area contributed by atoms with E-state index in [1.807, 2.05) is 12.1 Å². The second-order valence-corrected chi connectivity index (χ2v) is 9.16. The number of nitrogens with zero attached hydrogens (tertiary/aromatic N) is 5. The highest BCUT2D eigenvalue weighted by Crippen LogP contribution is 2.31. The molecule has 2 atom stereocenters. The Labute approximate surface area is 177 Å². The van der Waals surface area contributed by atoms with Crippen molar-refractivity contribution in [3.63, 3.8) is 0 Å². The zero-order valence-electron chi connectivity index (χ0n) is 16.8. The van der Waals surface area contributed by atoms with Crippen LogP contribution in [0.3, 0.4) is 0 Å². The zero-order valence-corrected chi connectivity index (χ0v) is 17.6. The molecule has 3 aliphatic heterocycles. The number of aromatic nitrogens is 3. The molecular weight excluding hydrogens is 386 g/mol. The van der Waals surface area contributed by atoms with Gasteiger partial charge >= 0.3 is 0 Å². The van der Waals surface area contributed by atoms with Gasteiger partial charge in [-0.1, -0.05) is 23.7 Å². The van der Waals surface area contributed by atoms with Crippen LogP contribution >= 0.6 is 11.6 Å². The monoisotopic (exact) mass is 415 g/mol. The number of H-pyrrole nitrogens is 1. The first-order valence-electron chi connectivity index (χ1n) is 10.8. The minimum atomic E-state index is 0.391. The number of fused-ring (bicyclic) bond motifs is 1. The van der Waals surface area contributed by atoms with Crippen molar-refractivity contribution in [2.45, 2.75) is 50.2 Å². The smallest absolute Gasteiger partial charge is 0.226 e. The van der Waals surface area contributed by atoms with Crippen LogP contribution in [0.25, 0.3) is 0 Å². The fourth-order valence-electron chi connectivity index (χ4n) is 5.45. The molecule has 0 saturated carbocycles. The molecule has 0 spiro atoms. The van der Waals surface area contributed by atoms with Crippen LogP contribution in [0.4, 0.5) is 11.9 Å². The maximum atomic E-state index is 6.10. The molecule has 4 heterocycles. The first-order chi connectivity index (χ1) is 14.2. The summed E-state index contributed by atoms with van der Waals surface area (Å²) in [6, 6.07) is 10.4. The van der Waals surface area contributed by atoms with Crippen molar-refractivity contribution in [2.75, 3.05) is 43.4 Å². The van der Waals surface area contributed by atoms with Crippen LogP contribution in [0.15, 0.2) is 24.3 Å². The molecule has 2 aromatic rings. The average molecular weight is 416 g/mol. The van der Waals surface area contributed by atoms with Gasteiger partial charge in [-0.15, -0.1) is 10.2 Å². The van der Waals surface area contributed by atoms with Crippen molar-refractivity contribution in [2.24, 2.45) is 0 Å². The third kappa shape index (κ3) is 4.09. The van der Waals surface area contributed by atoms with Crippen LogP contribution < -0.4 is 10.6 Å². The highest BCUT2D eigenvalue weighted by Gasteiger charge is 2.40. The highest BCUT2D eigenvalue weighted by molar-refractivity contribution is 6.30. The zero-order chi connectivity index (χ0) is 19.8. The Kier molecular flexibility index (Phi) is 5.37. The topological polar surface area (TPSA) is 77.3 Å². The fraction of sp³-hybridized carbons (Fsp3) is 0.619. The van der Waals surface area contributed by atoms with Crippen molar-refractivity contribution in [3.05, 3.63) is 34.9 Å². The van der Waals surface area contributed by atoms with Crippen LogP contribution in [0, 0.1) is 0 Å². The Morgan fingerprint density at radius 2 is 1.79 bits per heavy atom. The summed E-state index contributed by atoms with van der Waals surface area (Å²) in [4.78, 5) is 10.9. The number of nitrogens with one attached hydrogen (secondary N) is 1. The molecule has 0 amide bonds. The van der Waals surface area contributed by atoms with E-state index in [2.05, 4.69) is 42.0 Å². The lowest BCUT2D eigenvalue weighted by Crippen LogP contribution is -2.61. The number of nitrogen functional groups attached to an aromatic ring is 1. The summed E-state index contributed by atoms with van der Waals surface area (Å²) in [6.45, 7) is 5.65. The van der Waals surface area contributed by atoms with Crippen LogP contribution in [0.1, 0.15) is 31.2 Å². The van der Waals surface area contributed by atoms with Gasteiger partial charge in [0.15, 0.2) is 0 Å². The molecule has 5 rings (SSSR count). The lowest BCUT2D eigenvalue weighted by atomic mass is 9.94. The summed E-state index contributed by atoms with van der Waals surface area (Å²) in [5.41, 5.74) is 7.09. The first kappa shape index (κ1) is 19.2. The third-order valence-corrected chi connectivity index (χ3v) is 7.20. The average Bonchev–Trinajstić information content (AvgIpc) is 3.38. The van der Waals surface area contributed by atoms with Gasteiger partial charge < -0.3 is 10.6 Å². The van der Waals surface area contributed by atoms with E-state index in [4.69, 9.17) is 17.3 Å². The number of halogens is 1. The summed E-state index contributed by atoms with van der Waals surface area (Å²) in [5, 5.41) is 8.88. The lowest BCUT2D eigenvalue weighted by Gasteiger charge is -2.49. The molecule has 3 N–H and O–H groups in total. The number of nitrogens with two attached hydrogens (primary N) is 1. The van der Waals surface area contributed by atoms with Gasteiger partial charge in [-0.3, -0.25) is 14.8 Å². The molecule has 2 unspecified atom stereocenters. The van der Waals surface area contributed by atoms with Gasteiger partial charge in [0.25, 0.3) is 0 Å². The molecule has 3 aliphatic rings. The maximum absolute atomic E-state index is 6.10. The minimum Gasteiger partial charge on any atom is -0.368 e. The van der Waals surface area contributed by atoms with Crippen molar-refractivity contribution >= 4 is 23.5 Å². The molecule has 7 nitrogen and oxygen atoms in total. The summed E-state index contributed by atoms with van der Waals surface area (Å²) in [5.74, 6) is 1.20. The van der Waals surface area contributed by atoms with Crippen molar-refractivity contribution in [1.82, 2.24) is 25.0 Å². The van der Waals surface area contributed by atoms with E-state index in [9.17, 15) is 0 Å². The molecule has 3 fully saturated rings. The SMILES string of the molecule is Nc1nnc(N2CCC(N3CC4CCCN4CC3Cc3ccc(Cl)cc3)CC2)[nH]1. The van der Waals surface area contributed by atoms with Gasteiger partial charge in [0.2, 0.25) is 11.9 Å². The van der Waals surface area contributed by atoms with E-state index >= 15 is 0 Å². The number of piperidine rings is 1. The van der Waals surface area contributed by atoms with Gasteiger partial charge in [-0.2, -0.15) is 0 Å². The summed E-state index contributed by atoms with van der Waals surface area (Å²) < 4.78 is 0. The number of aromatic amines is 1. The third-order valence-electron chi connectivity index (χ3n) is 6.94. The van der Waals surface area contributed by atoms with Gasteiger partial charge in [0.1, 0.15) is 0 Å². The number of piperazine rings is 1. The summed E-state index contributed by atoms with van der Waals surface area (Å²) >= 11 is 6.10. The Bertz CT molecular complexity index is 815. The Hall–Kier alpha value is -1.83. The van der Waals surface area contributed by atoms with E-state index in [1.165, 1.54) is 38.0 Å². The summed E-state index contributed by atoms with van der Waals surface area (Å²) in [6.07, 6.45) is 6.10. The van der Waals surface area contributed by atoms with E-state index in [0.29, 0.717) is 18.0 Å². The quantitative estimate of drug-likeness (QED) is 0.798. The van der Waals surface area contributed by atoms with E-state index < -0.39 is 0 Å². The second kappa shape index (κ2) is 8.13. The lowest BCUT2D eigenvalue weighted by molar-refractivity contribution is 0.0126. The Morgan fingerprint density at radius 1 is 1.00 bits per heavy atom. The molecule has 156 valence electrons. The van der Waals surface area contributed by atoms with Gasteiger partial charge in [-0.05, 0) is 56.3 Å². The van der Waals surface area contributed by atoms with Gasteiger partial charge in [-0.25, -0.2) is 0 Å². The van der Waals surface area contributed by atoms with E-state index in [0.717, 1.165) is 49.4 Å². The van der Waals surface area contributed by atoms with Crippen molar-refractivity contribution < 1.29 is 0 Å². The number of anilines is 2. The second-order valence-electron chi connectivity index (χ2n) is 8.72.